The third-order valence-electron chi connectivity index (χ3n) is 2.98. The largest absolute Gasteiger partial charge is 0.748 e. The molecule has 0 atom stereocenters. The molecule has 0 saturated carbocycles. The summed E-state index contributed by atoms with van der Waals surface area (Å²) < 4.78 is 35.4. The van der Waals surface area contributed by atoms with Crippen LogP contribution in [-0.2, 0) is 23.7 Å². The summed E-state index contributed by atoms with van der Waals surface area (Å²) in [6.07, 6.45) is 3.77. The van der Waals surface area contributed by atoms with Gasteiger partial charge in [-0.1, -0.05) is 5.11 Å². The van der Waals surface area contributed by atoms with Crippen molar-refractivity contribution in [3.05, 3.63) is 36.7 Å². The van der Waals surface area contributed by atoms with Crippen molar-refractivity contribution in [2.75, 3.05) is 11.5 Å². The van der Waals surface area contributed by atoms with Crippen LogP contribution in [0.5, 0.6) is 0 Å². The van der Waals surface area contributed by atoms with Crippen LogP contribution in [0.15, 0.2) is 46.9 Å². The van der Waals surface area contributed by atoms with Crippen LogP contribution in [-0.4, -0.2) is 23.3 Å². The third-order valence-corrected chi connectivity index (χ3v) is 3.77. The van der Waals surface area contributed by atoms with E-state index >= 15 is 0 Å². The van der Waals surface area contributed by atoms with Crippen molar-refractivity contribution in [1.82, 2.24) is 4.57 Å². The van der Waals surface area contributed by atoms with Crippen LogP contribution in [0.3, 0.4) is 0 Å². The van der Waals surface area contributed by atoms with Crippen molar-refractivity contribution in [1.29, 1.82) is 0 Å². The van der Waals surface area contributed by atoms with Crippen molar-refractivity contribution < 1.29 is 17.5 Å². The van der Waals surface area contributed by atoms with Gasteiger partial charge in [-0.2, -0.15) is 0 Å². The van der Waals surface area contributed by atoms with Gasteiger partial charge in [0.1, 0.15) is 5.69 Å². The Bertz CT molecular complexity index is 765. The fraction of sp³-hybridized carbons (Fsp3) is 0.308. The number of hydrogen-bond donors (Lipinski definition) is 1. The maximum Gasteiger partial charge on any atom is 0.421 e. The maximum absolute atomic E-state index is 10.6. The van der Waals surface area contributed by atoms with Gasteiger partial charge < -0.3 is 10.3 Å². The SMILES string of the molecule is C[n+]1ccn(CCCS(=O)(=O)[O-])c1N=Nc1ccc(N)cc1. The summed E-state index contributed by atoms with van der Waals surface area (Å²) in [5.41, 5.74) is 6.90. The molecule has 0 amide bonds. The Morgan fingerprint density at radius 1 is 1.27 bits per heavy atom. The van der Waals surface area contributed by atoms with Crippen molar-refractivity contribution in [3.63, 3.8) is 0 Å². The molecule has 0 unspecified atom stereocenters. The zero-order chi connectivity index (χ0) is 16.2. The van der Waals surface area contributed by atoms with Crippen LogP contribution in [0, 0.1) is 0 Å². The van der Waals surface area contributed by atoms with E-state index in [1.165, 1.54) is 0 Å². The minimum absolute atomic E-state index is 0.227. The molecular weight excluding hydrogens is 306 g/mol. The smallest absolute Gasteiger partial charge is 0.421 e. The van der Waals surface area contributed by atoms with Crippen LogP contribution in [0.25, 0.3) is 0 Å². The number of azo groups is 1. The highest BCUT2D eigenvalue weighted by molar-refractivity contribution is 7.85. The minimum atomic E-state index is -4.20. The summed E-state index contributed by atoms with van der Waals surface area (Å²) in [4.78, 5) is 0. The van der Waals surface area contributed by atoms with E-state index in [-0.39, 0.29) is 6.42 Å². The number of nitrogens with zero attached hydrogens (tertiary/aromatic N) is 4. The molecule has 0 bridgehead atoms. The number of imidazole rings is 1. The normalized spacial score (nSPS) is 12.1. The Labute approximate surface area is 128 Å². The van der Waals surface area contributed by atoms with Crippen LogP contribution in [0.2, 0.25) is 0 Å². The number of nitrogen functional groups attached to an aromatic ring is 1. The minimum Gasteiger partial charge on any atom is -0.748 e. The van der Waals surface area contributed by atoms with E-state index in [4.69, 9.17) is 5.73 Å². The molecule has 0 spiro atoms. The summed E-state index contributed by atoms with van der Waals surface area (Å²) in [5, 5.41) is 8.28. The second-order valence-electron chi connectivity index (χ2n) is 4.81. The Balaban J connectivity index is 2.10. The molecule has 8 nitrogen and oxygen atoms in total. The zero-order valence-corrected chi connectivity index (χ0v) is 12.9. The maximum atomic E-state index is 10.6. The summed E-state index contributed by atoms with van der Waals surface area (Å²) in [5.74, 6) is 0.156. The van der Waals surface area contributed by atoms with Gasteiger partial charge in [-0.05, 0) is 30.7 Å². The van der Waals surface area contributed by atoms with E-state index in [0.29, 0.717) is 23.9 Å². The number of aryl methyl sites for hydroxylation is 2. The summed E-state index contributed by atoms with van der Waals surface area (Å²) in [7, 11) is -2.39. The Morgan fingerprint density at radius 3 is 2.59 bits per heavy atom. The van der Waals surface area contributed by atoms with Crippen LogP contribution < -0.4 is 10.3 Å². The first-order chi connectivity index (χ1) is 10.3. The predicted molar refractivity (Wildman–Crippen MR) is 79.8 cm³/mol. The van der Waals surface area contributed by atoms with E-state index in [2.05, 4.69) is 10.2 Å². The highest BCUT2D eigenvalue weighted by Crippen LogP contribution is 2.17. The van der Waals surface area contributed by atoms with Gasteiger partial charge in [0.25, 0.3) is 0 Å². The first-order valence-electron chi connectivity index (χ1n) is 6.61. The number of benzene rings is 1. The quantitative estimate of drug-likeness (QED) is 0.372. The fourth-order valence-corrected chi connectivity index (χ4v) is 2.36. The van der Waals surface area contributed by atoms with Gasteiger partial charge in [0.2, 0.25) is 0 Å². The highest BCUT2D eigenvalue weighted by Gasteiger charge is 2.14. The second kappa shape index (κ2) is 6.67. The summed E-state index contributed by atoms with van der Waals surface area (Å²) in [6, 6.07) is 6.95. The highest BCUT2D eigenvalue weighted by atomic mass is 32.2. The van der Waals surface area contributed by atoms with Crippen molar-refractivity contribution in [3.8, 4) is 0 Å². The lowest BCUT2D eigenvalue weighted by atomic mass is 10.3. The van der Waals surface area contributed by atoms with Crippen molar-refractivity contribution in [2.24, 2.45) is 17.3 Å². The average molecular weight is 323 g/mol. The molecule has 0 aliphatic heterocycles. The summed E-state index contributed by atoms with van der Waals surface area (Å²) in [6.45, 7) is 0.373. The van der Waals surface area contributed by atoms with Crippen molar-refractivity contribution in [2.45, 2.75) is 13.0 Å². The van der Waals surface area contributed by atoms with Gasteiger partial charge in [0.05, 0.1) is 36.1 Å². The number of nitrogens with two attached hydrogens (primary N) is 1. The van der Waals surface area contributed by atoms with Gasteiger partial charge in [-0.25, -0.2) is 17.6 Å². The van der Waals surface area contributed by atoms with E-state index in [0.717, 1.165) is 0 Å². The van der Waals surface area contributed by atoms with Gasteiger partial charge in [0, 0.05) is 16.6 Å². The molecule has 0 aliphatic carbocycles. The lowest BCUT2D eigenvalue weighted by molar-refractivity contribution is -0.657. The fourth-order valence-electron chi connectivity index (χ4n) is 1.87. The van der Waals surface area contributed by atoms with Crippen LogP contribution >= 0.6 is 0 Å². The average Bonchev–Trinajstić information content (AvgIpc) is 2.78. The first-order valence-corrected chi connectivity index (χ1v) is 8.18. The topological polar surface area (TPSA) is 117 Å². The summed E-state index contributed by atoms with van der Waals surface area (Å²) >= 11 is 0. The number of aromatic nitrogens is 2. The van der Waals surface area contributed by atoms with Gasteiger partial charge in [-0.15, -0.1) is 0 Å². The van der Waals surface area contributed by atoms with E-state index in [1.807, 2.05) is 0 Å². The Kier molecular flexibility index (Phi) is 4.88. The van der Waals surface area contributed by atoms with Crippen LogP contribution in [0.4, 0.5) is 17.3 Å². The number of hydrogen-bond acceptors (Lipinski definition) is 6. The molecule has 0 saturated heterocycles. The van der Waals surface area contributed by atoms with E-state index in [1.54, 1.807) is 52.8 Å². The molecule has 118 valence electrons. The van der Waals surface area contributed by atoms with Crippen LogP contribution in [0.1, 0.15) is 6.42 Å². The molecule has 0 radical (unpaired) electrons. The third kappa shape index (κ3) is 4.64. The molecule has 0 aliphatic rings. The molecule has 2 aromatic rings. The Hall–Kier alpha value is -2.26. The monoisotopic (exact) mass is 323 g/mol. The molecule has 2 rings (SSSR count). The van der Waals surface area contributed by atoms with Gasteiger partial charge in [0.15, 0.2) is 0 Å². The molecule has 22 heavy (non-hydrogen) atoms. The lowest BCUT2D eigenvalue weighted by Gasteiger charge is -2.05. The molecule has 9 heteroatoms. The predicted octanol–water partition coefficient (Wildman–Crippen LogP) is 1.25. The first kappa shape index (κ1) is 16.1. The molecule has 1 aromatic carbocycles. The molecule has 2 N–H and O–H groups in total. The zero-order valence-electron chi connectivity index (χ0n) is 12.1. The Morgan fingerprint density at radius 2 is 1.95 bits per heavy atom. The van der Waals surface area contributed by atoms with Gasteiger partial charge in [-0.3, -0.25) is 0 Å². The van der Waals surface area contributed by atoms with E-state index < -0.39 is 15.9 Å². The lowest BCUT2D eigenvalue weighted by Crippen LogP contribution is -2.25. The molecular formula is C13H17N5O3S. The molecule has 1 aromatic heterocycles. The van der Waals surface area contributed by atoms with Gasteiger partial charge >= 0.3 is 5.95 Å². The van der Waals surface area contributed by atoms with E-state index in [9.17, 15) is 13.0 Å². The standard InChI is InChI=1S/C13H17N5O3S/c1-17-8-9-18(7-2-10-22(19,20)21)13(17)16-15-12-5-3-11(14)4-6-12/h3-6,8-9,14H,2,7,10H2,1H3,(H,19,20,21). The number of anilines is 1. The molecule has 1 heterocycles. The van der Waals surface area contributed by atoms with Crippen molar-refractivity contribution >= 4 is 27.4 Å². The number of rotatable bonds is 6. The second-order valence-corrected chi connectivity index (χ2v) is 6.33. The molecule has 0 fully saturated rings.